The molecule has 0 aliphatic rings. The lowest BCUT2D eigenvalue weighted by Gasteiger charge is -2.15. The second kappa shape index (κ2) is 9.29. The Morgan fingerprint density at radius 2 is 1.73 bits per heavy atom. The predicted molar refractivity (Wildman–Crippen MR) is 123 cm³/mol. The number of amides is 1. The molecule has 0 saturated heterocycles. The largest absolute Gasteiger partial charge is 0.418 e. The molecule has 1 amide bonds. The van der Waals surface area contributed by atoms with Crippen LogP contribution in [0, 0.1) is 0 Å². The third-order valence-electron chi connectivity index (χ3n) is 4.65. The minimum atomic E-state index is -4.61. The molecule has 0 aliphatic carbocycles. The van der Waals surface area contributed by atoms with Crippen molar-refractivity contribution in [3.8, 4) is 5.69 Å². The van der Waals surface area contributed by atoms with Gasteiger partial charge in [-0.3, -0.25) is 14.2 Å². The van der Waals surface area contributed by atoms with E-state index in [9.17, 15) is 22.8 Å². The van der Waals surface area contributed by atoms with Crippen LogP contribution in [0.4, 0.5) is 18.9 Å². The minimum Gasteiger partial charge on any atom is -0.325 e. The molecule has 0 saturated carbocycles. The van der Waals surface area contributed by atoms with Gasteiger partial charge in [-0.25, -0.2) is 4.98 Å². The van der Waals surface area contributed by atoms with Crippen molar-refractivity contribution in [2.75, 3.05) is 11.1 Å². The van der Waals surface area contributed by atoms with Crippen LogP contribution in [0.25, 0.3) is 16.6 Å². The monoisotopic (exact) mass is 489 g/mol. The number of carbonyl (C=O) groups is 1. The smallest absolute Gasteiger partial charge is 0.325 e. The SMILES string of the molecule is O=C(CSc1nc2cc(Cl)ccc2c(=O)n1-c1ccccc1)Nc1ccccc1C(F)(F)F. The molecular formula is C23H15ClF3N3O2S. The first-order valence-electron chi connectivity index (χ1n) is 9.60. The predicted octanol–water partition coefficient (Wildman–Crippen LogP) is 5.79. The van der Waals surface area contributed by atoms with E-state index in [0.29, 0.717) is 21.6 Å². The Labute approximate surface area is 195 Å². The summed E-state index contributed by atoms with van der Waals surface area (Å²) >= 11 is 6.97. The Morgan fingerprint density at radius 1 is 1.03 bits per heavy atom. The first-order valence-corrected chi connectivity index (χ1v) is 11.0. The summed E-state index contributed by atoms with van der Waals surface area (Å²) in [7, 11) is 0. The van der Waals surface area contributed by atoms with Crippen molar-refractivity contribution in [1.82, 2.24) is 9.55 Å². The summed E-state index contributed by atoms with van der Waals surface area (Å²) in [5.41, 5.74) is -0.743. The Balaban J connectivity index is 1.66. The minimum absolute atomic E-state index is 0.209. The van der Waals surface area contributed by atoms with Crippen LogP contribution in [0.2, 0.25) is 5.02 Å². The lowest BCUT2D eigenvalue weighted by atomic mass is 10.1. The number of nitrogens with one attached hydrogen (secondary N) is 1. The Kier molecular flexibility index (Phi) is 6.44. The highest BCUT2D eigenvalue weighted by Crippen LogP contribution is 2.34. The highest BCUT2D eigenvalue weighted by Gasteiger charge is 2.33. The number of carbonyl (C=O) groups excluding carboxylic acids is 1. The molecule has 33 heavy (non-hydrogen) atoms. The van der Waals surface area contributed by atoms with Crippen molar-refractivity contribution in [3.63, 3.8) is 0 Å². The van der Waals surface area contributed by atoms with Gasteiger partial charge in [0.25, 0.3) is 5.56 Å². The third kappa shape index (κ3) is 5.04. The fourth-order valence-electron chi connectivity index (χ4n) is 3.20. The molecule has 0 unspecified atom stereocenters. The standard InChI is InChI=1S/C23H15ClF3N3O2S/c24-14-10-11-16-19(12-14)29-22(30(21(16)32)15-6-2-1-3-7-15)33-13-20(31)28-18-9-5-4-8-17(18)23(25,26)27/h1-12H,13H2,(H,28,31). The Morgan fingerprint density at radius 3 is 2.45 bits per heavy atom. The van der Waals surface area contributed by atoms with Crippen molar-refractivity contribution < 1.29 is 18.0 Å². The fraction of sp³-hybridized carbons (Fsp3) is 0.0870. The quantitative estimate of drug-likeness (QED) is 0.285. The number of alkyl halides is 3. The van der Waals surface area contributed by atoms with Crippen LogP contribution in [-0.2, 0) is 11.0 Å². The molecule has 3 aromatic carbocycles. The highest BCUT2D eigenvalue weighted by molar-refractivity contribution is 7.99. The number of halogens is 4. The second-order valence-corrected chi connectivity index (χ2v) is 8.29. The van der Waals surface area contributed by atoms with E-state index in [0.717, 1.165) is 17.8 Å². The van der Waals surface area contributed by atoms with Crippen LogP contribution >= 0.6 is 23.4 Å². The summed E-state index contributed by atoms with van der Waals surface area (Å²) in [5.74, 6) is -0.936. The van der Waals surface area contributed by atoms with E-state index in [4.69, 9.17) is 11.6 Å². The van der Waals surface area contributed by atoms with Gasteiger partial charge in [0, 0.05) is 5.02 Å². The van der Waals surface area contributed by atoms with Crippen LogP contribution in [0.15, 0.2) is 82.7 Å². The van der Waals surface area contributed by atoms with Crippen molar-refractivity contribution in [2.45, 2.75) is 11.3 Å². The lowest BCUT2D eigenvalue weighted by Crippen LogP contribution is -2.23. The molecule has 0 bridgehead atoms. The molecule has 0 spiro atoms. The van der Waals surface area contributed by atoms with Crippen LogP contribution in [0.3, 0.4) is 0 Å². The molecule has 1 N–H and O–H groups in total. The van der Waals surface area contributed by atoms with Gasteiger partial charge in [-0.2, -0.15) is 13.2 Å². The number of para-hydroxylation sites is 2. The fourth-order valence-corrected chi connectivity index (χ4v) is 4.17. The lowest BCUT2D eigenvalue weighted by molar-refractivity contribution is -0.137. The normalized spacial score (nSPS) is 11.5. The van der Waals surface area contributed by atoms with E-state index in [1.807, 2.05) is 0 Å². The van der Waals surface area contributed by atoms with E-state index in [1.165, 1.54) is 28.8 Å². The van der Waals surface area contributed by atoms with Gasteiger partial charge in [0.2, 0.25) is 5.91 Å². The van der Waals surface area contributed by atoms with E-state index in [1.54, 1.807) is 42.5 Å². The number of anilines is 1. The van der Waals surface area contributed by atoms with E-state index >= 15 is 0 Å². The van der Waals surface area contributed by atoms with Crippen molar-refractivity contribution in [2.24, 2.45) is 0 Å². The van der Waals surface area contributed by atoms with Crippen LogP contribution < -0.4 is 10.9 Å². The molecule has 0 aliphatic heterocycles. The molecule has 4 rings (SSSR count). The summed E-state index contributed by atoms with van der Waals surface area (Å²) in [6.45, 7) is 0. The molecule has 0 fully saturated rings. The summed E-state index contributed by atoms with van der Waals surface area (Å²) in [5, 5.41) is 3.24. The van der Waals surface area contributed by atoms with Gasteiger partial charge in [-0.1, -0.05) is 53.7 Å². The number of rotatable bonds is 5. The van der Waals surface area contributed by atoms with Gasteiger partial charge < -0.3 is 5.32 Å². The third-order valence-corrected chi connectivity index (χ3v) is 5.83. The zero-order valence-electron chi connectivity index (χ0n) is 16.8. The Hall–Kier alpha value is -3.30. The first kappa shape index (κ1) is 22.9. The zero-order chi connectivity index (χ0) is 23.6. The van der Waals surface area contributed by atoms with Gasteiger partial charge in [-0.15, -0.1) is 0 Å². The van der Waals surface area contributed by atoms with E-state index < -0.39 is 17.6 Å². The maximum absolute atomic E-state index is 13.2. The number of nitrogens with zero attached hydrogens (tertiary/aromatic N) is 2. The maximum Gasteiger partial charge on any atom is 0.418 e. The molecule has 4 aromatic rings. The molecule has 5 nitrogen and oxygen atoms in total. The Bertz CT molecular complexity index is 1390. The van der Waals surface area contributed by atoms with Crippen LogP contribution in [0.5, 0.6) is 0 Å². The van der Waals surface area contributed by atoms with Crippen LogP contribution in [0.1, 0.15) is 5.56 Å². The number of benzene rings is 3. The van der Waals surface area contributed by atoms with Crippen molar-refractivity contribution in [3.05, 3.63) is 93.7 Å². The van der Waals surface area contributed by atoms with Crippen LogP contribution in [-0.4, -0.2) is 21.2 Å². The van der Waals surface area contributed by atoms with Gasteiger partial charge in [0.15, 0.2) is 5.16 Å². The van der Waals surface area contributed by atoms with Gasteiger partial charge in [-0.05, 0) is 42.5 Å². The number of fused-ring (bicyclic) bond motifs is 1. The van der Waals surface area contributed by atoms with E-state index in [-0.39, 0.29) is 22.2 Å². The topological polar surface area (TPSA) is 64.0 Å². The highest BCUT2D eigenvalue weighted by atomic mass is 35.5. The molecule has 0 atom stereocenters. The average Bonchev–Trinajstić information content (AvgIpc) is 2.78. The molecule has 1 heterocycles. The summed E-state index contributed by atoms with van der Waals surface area (Å²) in [4.78, 5) is 30.2. The molecule has 0 radical (unpaired) electrons. The summed E-state index contributed by atoms with van der Waals surface area (Å²) < 4.78 is 41.0. The van der Waals surface area contributed by atoms with Crippen molar-refractivity contribution >= 4 is 45.9 Å². The maximum atomic E-state index is 13.2. The molecule has 168 valence electrons. The number of hydrogen-bond donors (Lipinski definition) is 1. The molecule has 1 aromatic heterocycles. The molecular weight excluding hydrogens is 475 g/mol. The summed E-state index contributed by atoms with van der Waals surface area (Å²) in [6, 6.07) is 18.2. The molecule has 10 heteroatoms. The second-order valence-electron chi connectivity index (χ2n) is 6.91. The van der Waals surface area contributed by atoms with Crippen molar-refractivity contribution in [1.29, 1.82) is 0 Å². The van der Waals surface area contributed by atoms with Gasteiger partial charge >= 0.3 is 6.18 Å². The number of hydrogen-bond acceptors (Lipinski definition) is 4. The first-order chi connectivity index (χ1) is 15.7. The van der Waals surface area contributed by atoms with Gasteiger partial charge in [0.05, 0.1) is 33.6 Å². The van der Waals surface area contributed by atoms with Gasteiger partial charge in [0.1, 0.15) is 0 Å². The average molecular weight is 490 g/mol. The number of aromatic nitrogens is 2. The zero-order valence-corrected chi connectivity index (χ0v) is 18.3. The summed E-state index contributed by atoms with van der Waals surface area (Å²) in [6.07, 6.45) is -4.61. The van der Waals surface area contributed by atoms with E-state index in [2.05, 4.69) is 10.3 Å². The number of thioether (sulfide) groups is 1.